The van der Waals surface area contributed by atoms with Crippen LogP contribution in [0.25, 0.3) is 0 Å². The molecule has 0 heterocycles. The van der Waals surface area contributed by atoms with Crippen molar-refractivity contribution < 1.29 is 9.90 Å². The van der Waals surface area contributed by atoms with Gasteiger partial charge in [-0.15, -0.1) is 0 Å². The summed E-state index contributed by atoms with van der Waals surface area (Å²) in [5, 5.41) is 9.90. The predicted molar refractivity (Wildman–Crippen MR) is 76.7 cm³/mol. The smallest absolute Gasteiger partial charge is 0.196 e. The van der Waals surface area contributed by atoms with Crippen molar-refractivity contribution in [2.45, 2.75) is 26.2 Å². The van der Waals surface area contributed by atoms with Crippen molar-refractivity contribution in [3.05, 3.63) is 65.2 Å². The van der Waals surface area contributed by atoms with Crippen molar-refractivity contribution in [2.75, 3.05) is 0 Å². The van der Waals surface area contributed by atoms with Crippen LogP contribution in [0.2, 0.25) is 0 Å². The van der Waals surface area contributed by atoms with Crippen LogP contribution in [0.1, 0.15) is 47.7 Å². The molecule has 1 atom stereocenters. The molecule has 1 N–H and O–H groups in total. The minimum Gasteiger partial charge on any atom is -0.507 e. The summed E-state index contributed by atoms with van der Waals surface area (Å²) in [4.78, 5) is 12.4. The topological polar surface area (TPSA) is 37.3 Å². The summed E-state index contributed by atoms with van der Waals surface area (Å²) in [7, 11) is 0. The molecule has 2 aromatic carbocycles. The van der Waals surface area contributed by atoms with Crippen LogP contribution in [-0.2, 0) is 0 Å². The summed E-state index contributed by atoms with van der Waals surface area (Å²) in [6, 6.07) is 14.3. The quantitative estimate of drug-likeness (QED) is 0.833. The van der Waals surface area contributed by atoms with Gasteiger partial charge in [-0.25, -0.2) is 0 Å². The number of hydrogen-bond donors (Lipinski definition) is 1. The SMILES string of the molecule is CCC(C)c1ccc(O)c(C(=O)c2ccccc2)c1. The maximum absolute atomic E-state index is 12.4. The second-order valence-corrected chi connectivity index (χ2v) is 4.78. The molecular weight excluding hydrogens is 236 g/mol. The van der Waals surface area contributed by atoms with Gasteiger partial charge in [-0.05, 0) is 30.0 Å². The fraction of sp³-hybridized carbons (Fsp3) is 0.235. The van der Waals surface area contributed by atoms with Crippen molar-refractivity contribution in [1.82, 2.24) is 0 Å². The van der Waals surface area contributed by atoms with E-state index >= 15 is 0 Å². The van der Waals surface area contributed by atoms with Crippen LogP contribution in [0.4, 0.5) is 0 Å². The van der Waals surface area contributed by atoms with Crippen molar-refractivity contribution in [3.63, 3.8) is 0 Å². The molecule has 0 radical (unpaired) electrons. The first kappa shape index (κ1) is 13.3. The third-order valence-electron chi connectivity index (χ3n) is 3.48. The highest BCUT2D eigenvalue weighted by Gasteiger charge is 2.15. The predicted octanol–water partition coefficient (Wildman–Crippen LogP) is 4.14. The van der Waals surface area contributed by atoms with Crippen LogP contribution in [-0.4, -0.2) is 10.9 Å². The zero-order valence-corrected chi connectivity index (χ0v) is 11.3. The molecule has 0 spiro atoms. The fourth-order valence-electron chi connectivity index (χ4n) is 2.02. The van der Waals surface area contributed by atoms with Crippen molar-refractivity contribution >= 4 is 5.78 Å². The average Bonchev–Trinajstić information content (AvgIpc) is 2.47. The molecule has 19 heavy (non-hydrogen) atoms. The van der Waals surface area contributed by atoms with Crippen LogP contribution in [0.3, 0.4) is 0 Å². The molecule has 0 amide bonds. The van der Waals surface area contributed by atoms with Crippen LogP contribution in [0, 0.1) is 0 Å². The van der Waals surface area contributed by atoms with E-state index < -0.39 is 0 Å². The maximum atomic E-state index is 12.4. The monoisotopic (exact) mass is 254 g/mol. The molecule has 0 aliphatic rings. The Labute approximate surface area is 113 Å². The molecular formula is C17H18O2. The van der Waals surface area contributed by atoms with Gasteiger partial charge in [0.05, 0.1) is 5.56 Å². The first-order chi connectivity index (χ1) is 9.13. The van der Waals surface area contributed by atoms with Crippen LogP contribution >= 0.6 is 0 Å². The summed E-state index contributed by atoms with van der Waals surface area (Å²) >= 11 is 0. The highest BCUT2D eigenvalue weighted by atomic mass is 16.3. The lowest BCUT2D eigenvalue weighted by atomic mass is 9.93. The molecule has 0 aliphatic carbocycles. The van der Waals surface area contributed by atoms with Crippen LogP contribution < -0.4 is 0 Å². The Kier molecular flexibility index (Phi) is 4.00. The van der Waals surface area contributed by atoms with E-state index in [2.05, 4.69) is 13.8 Å². The second kappa shape index (κ2) is 5.70. The van der Waals surface area contributed by atoms with Gasteiger partial charge in [-0.1, -0.05) is 50.2 Å². The molecule has 0 fully saturated rings. The fourth-order valence-corrected chi connectivity index (χ4v) is 2.02. The Morgan fingerprint density at radius 1 is 1.16 bits per heavy atom. The molecule has 2 rings (SSSR count). The lowest BCUT2D eigenvalue weighted by Gasteiger charge is -2.11. The Morgan fingerprint density at radius 2 is 1.84 bits per heavy atom. The molecule has 0 aromatic heterocycles. The van der Waals surface area contributed by atoms with E-state index in [0.29, 0.717) is 17.0 Å². The average molecular weight is 254 g/mol. The number of phenols is 1. The van der Waals surface area contributed by atoms with Gasteiger partial charge in [-0.2, -0.15) is 0 Å². The van der Waals surface area contributed by atoms with Gasteiger partial charge in [-0.3, -0.25) is 4.79 Å². The lowest BCUT2D eigenvalue weighted by molar-refractivity contribution is 0.103. The minimum atomic E-state index is -0.136. The first-order valence-corrected chi connectivity index (χ1v) is 6.56. The van der Waals surface area contributed by atoms with Gasteiger partial charge in [0, 0.05) is 5.56 Å². The second-order valence-electron chi connectivity index (χ2n) is 4.78. The van der Waals surface area contributed by atoms with Gasteiger partial charge in [0.1, 0.15) is 5.75 Å². The number of ketones is 1. The molecule has 1 unspecified atom stereocenters. The van der Waals surface area contributed by atoms with Crippen LogP contribution in [0.15, 0.2) is 48.5 Å². The van der Waals surface area contributed by atoms with Crippen molar-refractivity contribution in [1.29, 1.82) is 0 Å². The largest absolute Gasteiger partial charge is 0.507 e. The van der Waals surface area contributed by atoms with E-state index in [-0.39, 0.29) is 11.5 Å². The number of aromatic hydroxyl groups is 1. The number of benzene rings is 2. The van der Waals surface area contributed by atoms with Crippen molar-refractivity contribution in [3.8, 4) is 5.75 Å². The minimum absolute atomic E-state index is 0.0425. The van der Waals surface area contributed by atoms with Crippen molar-refractivity contribution in [2.24, 2.45) is 0 Å². The normalized spacial score (nSPS) is 12.1. The Morgan fingerprint density at radius 3 is 2.47 bits per heavy atom. The van der Waals surface area contributed by atoms with E-state index in [1.165, 1.54) is 0 Å². The lowest BCUT2D eigenvalue weighted by Crippen LogP contribution is -2.03. The van der Waals surface area contributed by atoms with Gasteiger partial charge in [0.15, 0.2) is 5.78 Å². The number of hydrogen-bond acceptors (Lipinski definition) is 2. The van der Waals surface area contributed by atoms with E-state index in [0.717, 1.165) is 12.0 Å². The van der Waals surface area contributed by atoms with Gasteiger partial charge < -0.3 is 5.11 Å². The third kappa shape index (κ3) is 2.84. The molecule has 2 aromatic rings. The first-order valence-electron chi connectivity index (χ1n) is 6.56. The summed E-state index contributed by atoms with van der Waals surface area (Å²) in [6.07, 6.45) is 1.00. The van der Waals surface area contributed by atoms with E-state index in [1.807, 2.05) is 24.3 Å². The summed E-state index contributed by atoms with van der Waals surface area (Å²) in [5.41, 5.74) is 2.06. The maximum Gasteiger partial charge on any atom is 0.196 e. The molecule has 0 bridgehead atoms. The van der Waals surface area contributed by atoms with Gasteiger partial charge in [0.2, 0.25) is 0 Å². The Bertz CT molecular complexity index is 573. The molecule has 2 heteroatoms. The highest BCUT2D eigenvalue weighted by Crippen LogP contribution is 2.27. The zero-order chi connectivity index (χ0) is 13.8. The van der Waals surface area contributed by atoms with Gasteiger partial charge >= 0.3 is 0 Å². The Hall–Kier alpha value is -2.09. The summed E-state index contributed by atoms with van der Waals surface area (Å²) < 4.78 is 0. The highest BCUT2D eigenvalue weighted by molar-refractivity contribution is 6.10. The third-order valence-corrected chi connectivity index (χ3v) is 3.48. The number of carbonyl (C=O) groups excluding carboxylic acids is 1. The van der Waals surface area contributed by atoms with E-state index in [1.54, 1.807) is 24.3 Å². The molecule has 2 nitrogen and oxygen atoms in total. The zero-order valence-electron chi connectivity index (χ0n) is 11.3. The van der Waals surface area contributed by atoms with E-state index in [4.69, 9.17) is 0 Å². The molecule has 98 valence electrons. The number of rotatable bonds is 4. The summed E-state index contributed by atoms with van der Waals surface area (Å²) in [5.74, 6) is 0.284. The Balaban J connectivity index is 2.42. The number of carbonyl (C=O) groups is 1. The number of phenolic OH excluding ortho intramolecular Hbond substituents is 1. The standard InChI is InChI=1S/C17H18O2/c1-3-12(2)14-9-10-16(18)15(11-14)17(19)13-7-5-4-6-8-13/h4-12,18H,3H2,1-2H3. The molecule has 0 saturated heterocycles. The summed E-state index contributed by atoms with van der Waals surface area (Å²) in [6.45, 7) is 4.22. The van der Waals surface area contributed by atoms with E-state index in [9.17, 15) is 9.90 Å². The molecule has 0 saturated carbocycles. The van der Waals surface area contributed by atoms with Gasteiger partial charge in [0.25, 0.3) is 0 Å². The van der Waals surface area contributed by atoms with Crippen LogP contribution in [0.5, 0.6) is 5.75 Å². The molecule has 0 aliphatic heterocycles.